The SMILES string of the molecule is CN1CCC(CN(C)CC2CCCCCC2=O)CC1. The Kier molecular flexibility index (Phi) is 5.83. The minimum Gasteiger partial charge on any atom is -0.306 e. The monoisotopic (exact) mass is 266 g/mol. The highest BCUT2D eigenvalue weighted by Crippen LogP contribution is 2.22. The summed E-state index contributed by atoms with van der Waals surface area (Å²) in [5.74, 6) is 1.67. The van der Waals surface area contributed by atoms with E-state index < -0.39 is 0 Å². The number of ketones is 1. The van der Waals surface area contributed by atoms with E-state index >= 15 is 0 Å². The highest BCUT2D eigenvalue weighted by atomic mass is 16.1. The van der Waals surface area contributed by atoms with Gasteiger partial charge < -0.3 is 9.80 Å². The van der Waals surface area contributed by atoms with E-state index in [4.69, 9.17) is 0 Å². The third-order valence-corrected chi connectivity index (χ3v) is 4.87. The van der Waals surface area contributed by atoms with Crippen molar-refractivity contribution in [1.82, 2.24) is 9.80 Å². The number of hydrogen-bond donors (Lipinski definition) is 0. The van der Waals surface area contributed by atoms with Gasteiger partial charge in [-0.3, -0.25) is 4.79 Å². The molecule has 1 aliphatic heterocycles. The Morgan fingerprint density at radius 2 is 1.84 bits per heavy atom. The van der Waals surface area contributed by atoms with Gasteiger partial charge in [-0.05, 0) is 58.8 Å². The van der Waals surface area contributed by atoms with E-state index in [2.05, 4.69) is 23.9 Å². The van der Waals surface area contributed by atoms with Gasteiger partial charge in [0.2, 0.25) is 0 Å². The fraction of sp³-hybridized carbons (Fsp3) is 0.938. The van der Waals surface area contributed by atoms with Crippen LogP contribution in [-0.2, 0) is 4.79 Å². The summed E-state index contributed by atoms with van der Waals surface area (Å²) in [7, 11) is 4.42. The molecule has 0 radical (unpaired) electrons. The number of rotatable bonds is 4. The molecule has 0 N–H and O–H groups in total. The Hall–Kier alpha value is -0.410. The maximum atomic E-state index is 12.1. The second kappa shape index (κ2) is 7.39. The number of likely N-dealkylation sites (tertiary alicyclic amines) is 1. The first-order valence-corrected chi connectivity index (χ1v) is 8.05. The van der Waals surface area contributed by atoms with E-state index in [1.807, 2.05) is 0 Å². The van der Waals surface area contributed by atoms with Gasteiger partial charge in [0.05, 0.1) is 0 Å². The van der Waals surface area contributed by atoms with Gasteiger partial charge in [-0.15, -0.1) is 0 Å². The molecule has 0 amide bonds. The first kappa shape index (κ1) is 15.0. The number of nitrogens with zero attached hydrogens (tertiary/aromatic N) is 2. The minimum absolute atomic E-state index is 0.318. The zero-order valence-corrected chi connectivity index (χ0v) is 12.7. The summed E-state index contributed by atoms with van der Waals surface area (Å²) in [4.78, 5) is 16.9. The van der Waals surface area contributed by atoms with Crippen molar-refractivity contribution in [2.45, 2.75) is 44.9 Å². The molecule has 1 heterocycles. The number of piperidine rings is 1. The minimum atomic E-state index is 0.318. The quantitative estimate of drug-likeness (QED) is 0.730. The lowest BCUT2D eigenvalue weighted by Crippen LogP contribution is -2.38. The van der Waals surface area contributed by atoms with Crippen molar-refractivity contribution < 1.29 is 4.79 Å². The van der Waals surface area contributed by atoms with Gasteiger partial charge in [0, 0.05) is 25.4 Å². The molecule has 0 bridgehead atoms. The van der Waals surface area contributed by atoms with Crippen molar-refractivity contribution >= 4 is 5.78 Å². The van der Waals surface area contributed by atoms with Crippen LogP contribution in [0.3, 0.4) is 0 Å². The number of carbonyl (C=O) groups excluding carboxylic acids is 1. The lowest BCUT2D eigenvalue weighted by Gasteiger charge is -2.32. The molecule has 2 fully saturated rings. The lowest BCUT2D eigenvalue weighted by molar-refractivity contribution is -0.123. The Labute approximate surface area is 118 Å². The predicted octanol–water partition coefficient (Wildman–Crippen LogP) is 2.41. The summed E-state index contributed by atoms with van der Waals surface area (Å²) < 4.78 is 0. The Balaban J connectivity index is 1.73. The third-order valence-electron chi connectivity index (χ3n) is 4.87. The van der Waals surface area contributed by atoms with E-state index in [0.717, 1.165) is 31.7 Å². The van der Waals surface area contributed by atoms with Crippen LogP contribution in [0.15, 0.2) is 0 Å². The molecule has 2 rings (SSSR count). The second-order valence-corrected chi connectivity index (χ2v) is 6.73. The van der Waals surface area contributed by atoms with Gasteiger partial charge in [-0.1, -0.05) is 12.8 Å². The van der Waals surface area contributed by atoms with Crippen molar-refractivity contribution in [3.63, 3.8) is 0 Å². The standard InChI is InChI=1S/C16H30N2O/c1-17-10-8-14(9-11-17)12-18(2)13-15-6-4-3-5-7-16(15)19/h14-15H,3-13H2,1-2H3. The molecule has 2 aliphatic rings. The van der Waals surface area contributed by atoms with Gasteiger partial charge in [-0.2, -0.15) is 0 Å². The van der Waals surface area contributed by atoms with Gasteiger partial charge >= 0.3 is 0 Å². The molecule has 110 valence electrons. The highest BCUT2D eigenvalue weighted by Gasteiger charge is 2.24. The lowest BCUT2D eigenvalue weighted by atomic mass is 9.94. The molecular formula is C16H30N2O. The number of carbonyl (C=O) groups is 1. The largest absolute Gasteiger partial charge is 0.306 e. The third kappa shape index (κ3) is 4.88. The summed E-state index contributed by atoms with van der Waals surface area (Å²) >= 11 is 0. The number of Topliss-reactive ketones (excluding diaryl/α,β-unsaturated/α-hetero) is 1. The maximum absolute atomic E-state index is 12.1. The van der Waals surface area contributed by atoms with Crippen molar-refractivity contribution in [2.75, 3.05) is 40.3 Å². The van der Waals surface area contributed by atoms with Crippen LogP contribution in [0, 0.1) is 11.8 Å². The molecular weight excluding hydrogens is 236 g/mol. The summed E-state index contributed by atoms with van der Waals surface area (Å²) in [6.45, 7) is 4.64. The van der Waals surface area contributed by atoms with Crippen LogP contribution in [0.2, 0.25) is 0 Å². The zero-order valence-electron chi connectivity index (χ0n) is 12.7. The van der Waals surface area contributed by atoms with Crippen LogP contribution < -0.4 is 0 Å². The molecule has 0 spiro atoms. The molecule has 1 unspecified atom stereocenters. The fourth-order valence-corrected chi connectivity index (χ4v) is 3.56. The Morgan fingerprint density at radius 1 is 1.11 bits per heavy atom. The molecule has 0 aromatic carbocycles. The Bertz CT molecular complexity index is 284. The summed E-state index contributed by atoms with van der Waals surface area (Å²) in [5, 5.41) is 0. The summed E-state index contributed by atoms with van der Waals surface area (Å²) in [5.41, 5.74) is 0. The van der Waals surface area contributed by atoms with Crippen LogP contribution in [-0.4, -0.2) is 55.9 Å². The van der Waals surface area contributed by atoms with Crippen LogP contribution in [0.1, 0.15) is 44.9 Å². The first-order chi connectivity index (χ1) is 9.15. The molecule has 19 heavy (non-hydrogen) atoms. The Morgan fingerprint density at radius 3 is 2.58 bits per heavy atom. The van der Waals surface area contributed by atoms with E-state index in [1.165, 1.54) is 45.3 Å². The van der Waals surface area contributed by atoms with Crippen LogP contribution in [0.5, 0.6) is 0 Å². The molecule has 1 saturated heterocycles. The summed E-state index contributed by atoms with van der Waals surface area (Å²) in [6, 6.07) is 0. The smallest absolute Gasteiger partial charge is 0.137 e. The fourth-order valence-electron chi connectivity index (χ4n) is 3.56. The normalized spacial score (nSPS) is 27.7. The van der Waals surface area contributed by atoms with Crippen LogP contribution >= 0.6 is 0 Å². The average Bonchev–Trinajstić information content (AvgIpc) is 2.58. The molecule has 0 aromatic heterocycles. The van der Waals surface area contributed by atoms with Gasteiger partial charge in [-0.25, -0.2) is 0 Å². The van der Waals surface area contributed by atoms with Crippen molar-refractivity contribution in [3.05, 3.63) is 0 Å². The van der Waals surface area contributed by atoms with Crippen LogP contribution in [0.25, 0.3) is 0 Å². The highest BCUT2D eigenvalue weighted by molar-refractivity contribution is 5.81. The molecule has 1 saturated carbocycles. The molecule has 3 heteroatoms. The van der Waals surface area contributed by atoms with E-state index in [1.54, 1.807) is 0 Å². The zero-order chi connectivity index (χ0) is 13.7. The van der Waals surface area contributed by atoms with Crippen molar-refractivity contribution in [3.8, 4) is 0 Å². The number of hydrogen-bond acceptors (Lipinski definition) is 3. The summed E-state index contributed by atoms with van der Waals surface area (Å²) in [6.07, 6.45) is 8.20. The average molecular weight is 266 g/mol. The van der Waals surface area contributed by atoms with E-state index in [9.17, 15) is 4.79 Å². The van der Waals surface area contributed by atoms with Crippen molar-refractivity contribution in [2.24, 2.45) is 11.8 Å². The van der Waals surface area contributed by atoms with Gasteiger partial charge in [0.1, 0.15) is 5.78 Å². The van der Waals surface area contributed by atoms with Gasteiger partial charge in [0.15, 0.2) is 0 Å². The maximum Gasteiger partial charge on any atom is 0.137 e. The molecule has 0 aromatic rings. The predicted molar refractivity (Wildman–Crippen MR) is 79.3 cm³/mol. The molecule has 1 aliphatic carbocycles. The van der Waals surface area contributed by atoms with E-state index in [0.29, 0.717) is 11.7 Å². The van der Waals surface area contributed by atoms with E-state index in [-0.39, 0.29) is 0 Å². The topological polar surface area (TPSA) is 23.6 Å². The first-order valence-electron chi connectivity index (χ1n) is 8.05. The van der Waals surface area contributed by atoms with Crippen molar-refractivity contribution in [1.29, 1.82) is 0 Å². The molecule has 3 nitrogen and oxygen atoms in total. The molecule has 1 atom stereocenters. The van der Waals surface area contributed by atoms with Gasteiger partial charge in [0.25, 0.3) is 0 Å². The van der Waals surface area contributed by atoms with Crippen LogP contribution in [0.4, 0.5) is 0 Å². The second-order valence-electron chi connectivity index (χ2n) is 6.73.